The molecule has 0 bridgehead atoms. The van der Waals surface area contributed by atoms with E-state index in [1.54, 1.807) is 0 Å². The molecule has 3 heteroatoms. The van der Waals surface area contributed by atoms with Crippen LogP contribution >= 0.6 is 0 Å². The van der Waals surface area contributed by atoms with Crippen LogP contribution in [0.1, 0.15) is 0 Å². The Balaban J connectivity index is 1.31. The Kier molecular flexibility index (Phi) is 6.47. The molecule has 0 radical (unpaired) electrons. The van der Waals surface area contributed by atoms with E-state index in [2.05, 4.69) is 127 Å². The van der Waals surface area contributed by atoms with E-state index in [9.17, 15) is 0 Å². The molecule has 0 aliphatic carbocycles. The predicted octanol–water partition coefficient (Wildman–Crippen LogP) is 10.5. The summed E-state index contributed by atoms with van der Waals surface area (Å²) in [6.45, 7) is 0. The fraction of sp³-hybridized carbons (Fsp3) is 0. The number of hydrogen-bond donors (Lipinski definition) is 0. The molecular weight excluding hydrogens is 534 g/mol. The SMILES string of the molecule is c1ccc(-c2cc(-c3cccc(-c4cc(-c5ccccc5)c5c(ccc6ccccc65)n4)c3)nc(-c3ccccc3)n2)cc1. The van der Waals surface area contributed by atoms with Crippen molar-refractivity contribution in [1.29, 1.82) is 0 Å². The Morgan fingerprint density at radius 3 is 1.59 bits per heavy atom. The molecule has 8 rings (SSSR count). The van der Waals surface area contributed by atoms with Gasteiger partial charge in [-0.05, 0) is 46.2 Å². The van der Waals surface area contributed by atoms with Crippen molar-refractivity contribution in [2.45, 2.75) is 0 Å². The van der Waals surface area contributed by atoms with E-state index < -0.39 is 0 Å². The van der Waals surface area contributed by atoms with Gasteiger partial charge in [-0.2, -0.15) is 0 Å². The van der Waals surface area contributed by atoms with E-state index in [-0.39, 0.29) is 0 Å². The second kappa shape index (κ2) is 11.0. The molecule has 6 aromatic carbocycles. The highest BCUT2D eigenvalue weighted by Gasteiger charge is 2.15. The van der Waals surface area contributed by atoms with Gasteiger partial charge in [0.2, 0.25) is 0 Å². The molecule has 3 nitrogen and oxygen atoms in total. The quantitative estimate of drug-likeness (QED) is 0.196. The topological polar surface area (TPSA) is 38.7 Å². The van der Waals surface area contributed by atoms with Gasteiger partial charge in [-0.1, -0.05) is 140 Å². The average molecular weight is 562 g/mol. The lowest BCUT2D eigenvalue weighted by Gasteiger charge is -2.14. The molecule has 0 amide bonds. The summed E-state index contributed by atoms with van der Waals surface area (Å²) < 4.78 is 0. The van der Waals surface area contributed by atoms with Crippen LogP contribution in [0, 0.1) is 0 Å². The lowest BCUT2D eigenvalue weighted by Crippen LogP contribution is -1.96. The predicted molar refractivity (Wildman–Crippen MR) is 182 cm³/mol. The number of pyridine rings is 1. The molecule has 2 heterocycles. The highest BCUT2D eigenvalue weighted by molar-refractivity contribution is 6.13. The van der Waals surface area contributed by atoms with Crippen LogP contribution in [0.15, 0.2) is 164 Å². The largest absolute Gasteiger partial charge is 0.248 e. The highest BCUT2D eigenvalue weighted by atomic mass is 14.9. The smallest absolute Gasteiger partial charge is 0.160 e. The summed E-state index contributed by atoms with van der Waals surface area (Å²) in [5.41, 5.74) is 10.1. The molecule has 0 spiro atoms. The van der Waals surface area contributed by atoms with Gasteiger partial charge >= 0.3 is 0 Å². The minimum absolute atomic E-state index is 0.703. The van der Waals surface area contributed by atoms with Crippen molar-refractivity contribution < 1.29 is 0 Å². The second-order valence-corrected chi connectivity index (χ2v) is 10.9. The third kappa shape index (κ3) is 4.81. The van der Waals surface area contributed by atoms with Gasteiger partial charge < -0.3 is 0 Å². The molecule has 0 N–H and O–H groups in total. The molecule has 0 aliphatic rings. The summed E-state index contributed by atoms with van der Waals surface area (Å²) in [4.78, 5) is 15.2. The van der Waals surface area contributed by atoms with Crippen molar-refractivity contribution in [2.75, 3.05) is 0 Å². The lowest BCUT2D eigenvalue weighted by atomic mass is 9.94. The first-order chi connectivity index (χ1) is 21.8. The minimum atomic E-state index is 0.703. The summed E-state index contributed by atoms with van der Waals surface area (Å²) in [5, 5.41) is 3.59. The zero-order valence-electron chi connectivity index (χ0n) is 23.9. The maximum Gasteiger partial charge on any atom is 0.160 e. The van der Waals surface area contributed by atoms with Gasteiger partial charge in [0.15, 0.2) is 5.82 Å². The standard InChI is InChI=1S/C41H27N3/c1-4-13-28(14-5-1)35-26-37(42-36-24-23-29-15-10-11-22-34(29)40(35)36)32-20-12-21-33(25-32)39-27-38(30-16-6-2-7-17-30)43-41(44-39)31-18-8-3-9-19-31/h1-27H. The van der Waals surface area contributed by atoms with Crippen molar-refractivity contribution in [3.63, 3.8) is 0 Å². The van der Waals surface area contributed by atoms with Crippen molar-refractivity contribution in [2.24, 2.45) is 0 Å². The summed E-state index contributed by atoms with van der Waals surface area (Å²) in [6.07, 6.45) is 0. The van der Waals surface area contributed by atoms with Crippen LogP contribution in [0.5, 0.6) is 0 Å². The zero-order valence-corrected chi connectivity index (χ0v) is 23.9. The van der Waals surface area contributed by atoms with E-state index in [4.69, 9.17) is 15.0 Å². The van der Waals surface area contributed by atoms with Crippen LogP contribution in [0.25, 0.3) is 78.0 Å². The molecule has 0 atom stereocenters. The van der Waals surface area contributed by atoms with E-state index in [1.165, 1.54) is 27.3 Å². The van der Waals surface area contributed by atoms with Crippen LogP contribution in [-0.2, 0) is 0 Å². The van der Waals surface area contributed by atoms with Crippen molar-refractivity contribution >= 4 is 21.7 Å². The maximum atomic E-state index is 5.21. The molecule has 0 aliphatic heterocycles. The highest BCUT2D eigenvalue weighted by Crippen LogP contribution is 2.37. The van der Waals surface area contributed by atoms with Crippen molar-refractivity contribution in [3.05, 3.63) is 164 Å². The fourth-order valence-corrected chi connectivity index (χ4v) is 5.91. The molecule has 0 saturated heterocycles. The third-order valence-corrected chi connectivity index (χ3v) is 8.06. The molecule has 8 aromatic rings. The minimum Gasteiger partial charge on any atom is -0.248 e. The van der Waals surface area contributed by atoms with Crippen LogP contribution in [-0.4, -0.2) is 15.0 Å². The Labute approximate surface area is 256 Å². The van der Waals surface area contributed by atoms with Crippen LogP contribution in [0.4, 0.5) is 0 Å². The number of fused-ring (bicyclic) bond motifs is 3. The monoisotopic (exact) mass is 561 g/mol. The van der Waals surface area contributed by atoms with Gasteiger partial charge in [-0.15, -0.1) is 0 Å². The molecule has 2 aromatic heterocycles. The first kappa shape index (κ1) is 25.8. The normalized spacial score (nSPS) is 11.2. The van der Waals surface area contributed by atoms with Gasteiger partial charge in [0.05, 0.1) is 22.6 Å². The Bertz CT molecular complexity index is 2200. The van der Waals surface area contributed by atoms with Crippen LogP contribution in [0.3, 0.4) is 0 Å². The fourth-order valence-electron chi connectivity index (χ4n) is 5.91. The summed E-state index contributed by atoms with van der Waals surface area (Å²) >= 11 is 0. The molecule has 206 valence electrons. The van der Waals surface area contributed by atoms with Gasteiger partial charge in [0.25, 0.3) is 0 Å². The Morgan fingerprint density at radius 1 is 0.341 bits per heavy atom. The summed E-state index contributed by atoms with van der Waals surface area (Å²) in [6, 6.07) is 56.7. The molecule has 44 heavy (non-hydrogen) atoms. The van der Waals surface area contributed by atoms with Crippen LogP contribution < -0.4 is 0 Å². The van der Waals surface area contributed by atoms with Gasteiger partial charge in [-0.3, -0.25) is 0 Å². The molecule has 0 unspecified atom stereocenters. The van der Waals surface area contributed by atoms with Gasteiger partial charge in [-0.25, -0.2) is 15.0 Å². The summed E-state index contributed by atoms with van der Waals surface area (Å²) in [7, 11) is 0. The van der Waals surface area contributed by atoms with Crippen LogP contribution in [0.2, 0.25) is 0 Å². The van der Waals surface area contributed by atoms with E-state index >= 15 is 0 Å². The van der Waals surface area contributed by atoms with Crippen molar-refractivity contribution in [3.8, 4) is 56.3 Å². The Morgan fingerprint density at radius 2 is 0.886 bits per heavy atom. The van der Waals surface area contributed by atoms with Gasteiger partial charge in [0, 0.05) is 27.6 Å². The number of aromatic nitrogens is 3. The second-order valence-electron chi connectivity index (χ2n) is 10.9. The first-order valence-electron chi connectivity index (χ1n) is 14.8. The maximum absolute atomic E-state index is 5.21. The first-order valence-corrected chi connectivity index (χ1v) is 14.8. The third-order valence-electron chi connectivity index (χ3n) is 8.06. The molecule has 0 fully saturated rings. The van der Waals surface area contributed by atoms with E-state index in [0.717, 1.165) is 44.9 Å². The van der Waals surface area contributed by atoms with Crippen molar-refractivity contribution in [1.82, 2.24) is 15.0 Å². The number of nitrogens with zero attached hydrogens (tertiary/aromatic N) is 3. The van der Waals surface area contributed by atoms with E-state index in [0.29, 0.717) is 5.82 Å². The van der Waals surface area contributed by atoms with Gasteiger partial charge in [0.1, 0.15) is 0 Å². The molecular formula is C41H27N3. The molecule has 0 saturated carbocycles. The summed E-state index contributed by atoms with van der Waals surface area (Å²) in [5.74, 6) is 0.703. The Hall–Kier alpha value is -5.93. The number of hydrogen-bond acceptors (Lipinski definition) is 3. The number of rotatable bonds is 5. The van der Waals surface area contributed by atoms with E-state index in [1.807, 2.05) is 36.4 Å². The average Bonchev–Trinajstić information content (AvgIpc) is 3.12. The lowest BCUT2D eigenvalue weighted by molar-refractivity contribution is 1.18. The zero-order chi connectivity index (χ0) is 29.3. The number of benzene rings is 6.